The number of ketones is 1. The fraction of sp³-hybridized carbons (Fsp3) is 0.636. The Balaban J connectivity index is 2.05. The third-order valence-electron chi connectivity index (χ3n) is 3.15. The standard InChI is InChI=1S/C11H16N2O2/c1-13-7-6-12-10(13)8-11(15)4-2-9(14)3-5-11/h6-7,15H,2-5,8H2,1H3. The molecule has 0 amide bonds. The van der Waals surface area contributed by atoms with E-state index in [1.54, 1.807) is 6.20 Å². The zero-order valence-corrected chi connectivity index (χ0v) is 8.94. The lowest BCUT2D eigenvalue weighted by atomic mass is 9.82. The van der Waals surface area contributed by atoms with E-state index in [9.17, 15) is 9.90 Å². The molecule has 1 heterocycles. The molecule has 1 aliphatic carbocycles. The maximum Gasteiger partial charge on any atom is 0.133 e. The van der Waals surface area contributed by atoms with Gasteiger partial charge in [-0.3, -0.25) is 4.79 Å². The van der Waals surface area contributed by atoms with Crippen LogP contribution in [0.25, 0.3) is 0 Å². The van der Waals surface area contributed by atoms with Crippen LogP contribution in [0.4, 0.5) is 0 Å². The predicted molar refractivity (Wildman–Crippen MR) is 55.3 cm³/mol. The zero-order chi connectivity index (χ0) is 10.9. The molecule has 1 N–H and O–H groups in total. The molecule has 1 aliphatic rings. The molecule has 1 fully saturated rings. The Labute approximate surface area is 88.9 Å². The van der Waals surface area contributed by atoms with Gasteiger partial charge < -0.3 is 9.67 Å². The van der Waals surface area contributed by atoms with Crippen molar-refractivity contribution in [3.05, 3.63) is 18.2 Å². The second-order valence-electron chi connectivity index (χ2n) is 4.39. The first-order valence-corrected chi connectivity index (χ1v) is 5.29. The van der Waals surface area contributed by atoms with Crippen LogP contribution in [0.15, 0.2) is 12.4 Å². The van der Waals surface area contributed by atoms with Crippen molar-refractivity contribution in [1.29, 1.82) is 0 Å². The van der Waals surface area contributed by atoms with E-state index < -0.39 is 5.60 Å². The van der Waals surface area contributed by atoms with E-state index >= 15 is 0 Å². The first-order chi connectivity index (χ1) is 7.09. The van der Waals surface area contributed by atoms with Gasteiger partial charge in [0.15, 0.2) is 0 Å². The quantitative estimate of drug-likeness (QED) is 0.783. The van der Waals surface area contributed by atoms with Crippen LogP contribution in [-0.4, -0.2) is 26.0 Å². The first kappa shape index (κ1) is 10.4. The number of imidazole rings is 1. The fourth-order valence-electron chi connectivity index (χ4n) is 2.03. The van der Waals surface area contributed by atoms with E-state index in [0.29, 0.717) is 32.1 Å². The Kier molecular flexibility index (Phi) is 2.61. The highest BCUT2D eigenvalue weighted by molar-refractivity contribution is 5.79. The molecule has 0 spiro atoms. The van der Waals surface area contributed by atoms with Gasteiger partial charge in [0.1, 0.15) is 11.6 Å². The van der Waals surface area contributed by atoms with E-state index in [4.69, 9.17) is 0 Å². The molecule has 0 unspecified atom stereocenters. The molecule has 0 aliphatic heterocycles. The van der Waals surface area contributed by atoms with E-state index in [2.05, 4.69) is 4.98 Å². The number of Topliss-reactive ketones (excluding diaryl/α,β-unsaturated/α-hetero) is 1. The van der Waals surface area contributed by atoms with E-state index in [0.717, 1.165) is 5.82 Å². The minimum Gasteiger partial charge on any atom is -0.389 e. The van der Waals surface area contributed by atoms with Gasteiger partial charge in [-0.2, -0.15) is 0 Å². The van der Waals surface area contributed by atoms with Crippen LogP contribution in [0.2, 0.25) is 0 Å². The minimum atomic E-state index is -0.729. The molecular weight excluding hydrogens is 192 g/mol. The number of aryl methyl sites for hydroxylation is 1. The molecule has 15 heavy (non-hydrogen) atoms. The highest BCUT2D eigenvalue weighted by Crippen LogP contribution is 2.28. The van der Waals surface area contributed by atoms with Crippen LogP contribution in [0, 0.1) is 0 Å². The third-order valence-corrected chi connectivity index (χ3v) is 3.15. The predicted octanol–water partition coefficient (Wildman–Crippen LogP) is 0.837. The van der Waals surface area contributed by atoms with Crippen LogP contribution >= 0.6 is 0 Å². The molecule has 0 atom stereocenters. The molecule has 0 bridgehead atoms. The Bertz CT molecular complexity index is 360. The van der Waals surface area contributed by atoms with Crippen molar-refractivity contribution in [1.82, 2.24) is 9.55 Å². The van der Waals surface area contributed by atoms with Crippen LogP contribution in [-0.2, 0) is 18.3 Å². The Morgan fingerprint density at radius 1 is 1.53 bits per heavy atom. The van der Waals surface area contributed by atoms with Gasteiger partial charge in [0.2, 0.25) is 0 Å². The van der Waals surface area contributed by atoms with E-state index in [1.165, 1.54) is 0 Å². The molecular formula is C11H16N2O2. The Morgan fingerprint density at radius 3 is 2.73 bits per heavy atom. The van der Waals surface area contributed by atoms with Crippen molar-refractivity contribution in [2.75, 3.05) is 0 Å². The SMILES string of the molecule is Cn1ccnc1CC1(O)CCC(=O)CC1. The molecule has 4 nitrogen and oxygen atoms in total. The lowest BCUT2D eigenvalue weighted by molar-refractivity contribution is -0.125. The number of carbonyl (C=O) groups is 1. The zero-order valence-electron chi connectivity index (χ0n) is 8.94. The first-order valence-electron chi connectivity index (χ1n) is 5.29. The monoisotopic (exact) mass is 208 g/mol. The van der Waals surface area contributed by atoms with Gasteiger partial charge in [0.25, 0.3) is 0 Å². The van der Waals surface area contributed by atoms with Gasteiger partial charge in [0.05, 0.1) is 5.60 Å². The van der Waals surface area contributed by atoms with Crippen LogP contribution in [0.1, 0.15) is 31.5 Å². The van der Waals surface area contributed by atoms with Crippen molar-refractivity contribution in [2.24, 2.45) is 7.05 Å². The largest absolute Gasteiger partial charge is 0.389 e. The number of hydrogen-bond acceptors (Lipinski definition) is 3. The smallest absolute Gasteiger partial charge is 0.133 e. The topological polar surface area (TPSA) is 55.1 Å². The number of carbonyl (C=O) groups excluding carboxylic acids is 1. The normalized spacial score (nSPS) is 20.5. The maximum atomic E-state index is 11.1. The van der Waals surface area contributed by atoms with Gasteiger partial charge in [-0.05, 0) is 12.8 Å². The van der Waals surface area contributed by atoms with Crippen molar-refractivity contribution in [2.45, 2.75) is 37.7 Å². The van der Waals surface area contributed by atoms with Crippen molar-refractivity contribution >= 4 is 5.78 Å². The van der Waals surface area contributed by atoms with Gasteiger partial charge in [-0.1, -0.05) is 0 Å². The number of hydrogen-bond donors (Lipinski definition) is 1. The van der Waals surface area contributed by atoms with Crippen LogP contribution in [0.5, 0.6) is 0 Å². The average molecular weight is 208 g/mol. The molecule has 82 valence electrons. The van der Waals surface area contributed by atoms with Gasteiger partial charge in [-0.15, -0.1) is 0 Å². The summed E-state index contributed by atoms with van der Waals surface area (Å²) in [5.41, 5.74) is -0.729. The molecule has 2 rings (SSSR count). The summed E-state index contributed by atoms with van der Waals surface area (Å²) in [6.45, 7) is 0. The number of aromatic nitrogens is 2. The van der Waals surface area contributed by atoms with Crippen LogP contribution < -0.4 is 0 Å². The maximum absolute atomic E-state index is 11.1. The van der Waals surface area contributed by atoms with E-state index in [-0.39, 0.29) is 5.78 Å². The molecule has 1 aromatic heterocycles. The number of nitrogens with zero attached hydrogens (tertiary/aromatic N) is 2. The number of rotatable bonds is 2. The second kappa shape index (κ2) is 3.77. The molecule has 1 aromatic rings. The molecule has 0 aromatic carbocycles. The van der Waals surface area contributed by atoms with Crippen LogP contribution in [0.3, 0.4) is 0 Å². The number of aliphatic hydroxyl groups is 1. The average Bonchev–Trinajstić information content (AvgIpc) is 2.58. The van der Waals surface area contributed by atoms with E-state index in [1.807, 2.05) is 17.8 Å². The third kappa shape index (κ3) is 2.26. The van der Waals surface area contributed by atoms with Gasteiger partial charge in [-0.25, -0.2) is 4.98 Å². The molecule has 1 saturated carbocycles. The summed E-state index contributed by atoms with van der Waals surface area (Å²) in [5.74, 6) is 1.14. The highest BCUT2D eigenvalue weighted by atomic mass is 16.3. The fourth-order valence-corrected chi connectivity index (χ4v) is 2.03. The Morgan fingerprint density at radius 2 is 2.20 bits per heavy atom. The summed E-state index contributed by atoms with van der Waals surface area (Å²) in [7, 11) is 1.92. The summed E-state index contributed by atoms with van der Waals surface area (Å²) in [4.78, 5) is 15.3. The second-order valence-corrected chi connectivity index (χ2v) is 4.39. The van der Waals surface area contributed by atoms with Gasteiger partial charge in [0, 0.05) is 38.7 Å². The van der Waals surface area contributed by atoms with Crippen molar-refractivity contribution in [3.8, 4) is 0 Å². The molecule has 4 heteroatoms. The lowest BCUT2D eigenvalue weighted by Gasteiger charge is -2.31. The summed E-state index contributed by atoms with van der Waals surface area (Å²) in [6, 6.07) is 0. The molecule has 0 radical (unpaired) electrons. The summed E-state index contributed by atoms with van der Waals surface area (Å²) in [6.07, 6.45) is 6.28. The summed E-state index contributed by atoms with van der Waals surface area (Å²) in [5, 5.41) is 10.3. The van der Waals surface area contributed by atoms with Crippen molar-refractivity contribution in [3.63, 3.8) is 0 Å². The minimum absolute atomic E-state index is 0.263. The van der Waals surface area contributed by atoms with Gasteiger partial charge >= 0.3 is 0 Å². The summed E-state index contributed by atoms with van der Waals surface area (Å²) >= 11 is 0. The lowest BCUT2D eigenvalue weighted by Crippen LogP contribution is -2.37. The van der Waals surface area contributed by atoms with Crippen molar-refractivity contribution < 1.29 is 9.90 Å². The Hall–Kier alpha value is -1.16. The highest BCUT2D eigenvalue weighted by Gasteiger charge is 2.33. The summed E-state index contributed by atoms with van der Waals surface area (Å²) < 4.78 is 1.91. The molecule has 0 saturated heterocycles.